The predicted octanol–water partition coefficient (Wildman–Crippen LogP) is 3.45. The summed E-state index contributed by atoms with van der Waals surface area (Å²) in [6.07, 6.45) is -0.690. The fraction of sp³-hybridized carbons (Fsp3) is 0.304. The average molecular weight is 453 g/mol. The van der Waals surface area contributed by atoms with E-state index < -0.39 is 12.2 Å². The zero-order valence-corrected chi connectivity index (χ0v) is 18.4. The molecule has 4 N–H and O–H groups in total. The number of fused-ring (bicyclic) bond motifs is 6. The predicted molar refractivity (Wildman–Crippen MR) is 126 cm³/mol. The number of halogens is 1. The molecule has 0 saturated carbocycles. The molecule has 0 radical (unpaired) electrons. The van der Waals surface area contributed by atoms with Gasteiger partial charge < -0.3 is 30.6 Å². The van der Waals surface area contributed by atoms with Crippen LogP contribution < -0.4 is 15.5 Å². The number of likely N-dealkylation sites (N-methyl/N-ethyl adjacent to an activating group) is 1. The SMILES string of the molecule is CN1CCN(c2ccc3cc2[C@H](O)[C@H](O)c2cccc(c2)Nc2nc(ncc2Cl)N3)CC1. The number of piperazine rings is 1. The van der Waals surface area contributed by atoms with Gasteiger partial charge in [-0.2, -0.15) is 4.98 Å². The molecule has 2 aliphatic rings. The van der Waals surface area contributed by atoms with Gasteiger partial charge >= 0.3 is 0 Å². The van der Waals surface area contributed by atoms with Crippen LogP contribution in [0.15, 0.2) is 48.7 Å². The van der Waals surface area contributed by atoms with E-state index >= 15 is 0 Å². The van der Waals surface area contributed by atoms with Gasteiger partial charge in [0.05, 0.1) is 6.20 Å². The van der Waals surface area contributed by atoms with Crippen molar-refractivity contribution in [3.8, 4) is 0 Å². The summed E-state index contributed by atoms with van der Waals surface area (Å²) in [5, 5.41) is 29.1. The highest BCUT2D eigenvalue weighted by Crippen LogP contribution is 2.38. The first-order valence-electron chi connectivity index (χ1n) is 10.6. The van der Waals surface area contributed by atoms with Crippen molar-refractivity contribution in [2.45, 2.75) is 12.2 Å². The Morgan fingerprint density at radius 3 is 2.56 bits per heavy atom. The number of aliphatic hydroxyl groups is 2. The van der Waals surface area contributed by atoms with E-state index in [0.29, 0.717) is 39.3 Å². The highest BCUT2D eigenvalue weighted by molar-refractivity contribution is 6.32. The Balaban J connectivity index is 1.63. The molecule has 0 unspecified atom stereocenters. The number of nitrogens with zero attached hydrogens (tertiary/aromatic N) is 4. The minimum atomic E-state index is -1.12. The minimum Gasteiger partial charge on any atom is -0.385 e. The first kappa shape index (κ1) is 21.0. The topological polar surface area (TPSA) is 96.8 Å². The summed E-state index contributed by atoms with van der Waals surface area (Å²) in [4.78, 5) is 13.3. The highest BCUT2D eigenvalue weighted by atomic mass is 35.5. The third kappa shape index (κ3) is 4.10. The van der Waals surface area contributed by atoms with Crippen LogP contribution in [-0.4, -0.2) is 58.3 Å². The average Bonchev–Trinajstić information content (AvgIpc) is 2.81. The van der Waals surface area contributed by atoms with Crippen molar-refractivity contribution < 1.29 is 10.2 Å². The molecule has 8 nitrogen and oxygen atoms in total. The molecule has 1 saturated heterocycles. The van der Waals surface area contributed by atoms with Gasteiger partial charge in [0, 0.05) is 48.8 Å². The van der Waals surface area contributed by atoms with Crippen LogP contribution in [-0.2, 0) is 0 Å². The van der Waals surface area contributed by atoms with Crippen LogP contribution in [0.4, 0.5) is 28.8 Å². The number of anilines is 5. The number of nitrogens with one attached hydrogen (secondary N) is 2. The molecule has 32 heavy (non-hydrogen) atoms. The van der Waals surface area contributed by atoms with Crippen LogP contribution in [0.1, 0.15) is 23.3 Å². The molecule has 3 aromatic rings. The van der Waals surface area contributed by atoms with E-state index in [1.165, 1.54) is 6.20 Å². The van der Waals surface area contributed by atoms with Crippen LogP contribution in [0.25, 0.3) is 0 Å². The van der Waals surface area contributed by atoms with Gasteiger partial charge in [-0.1, -0.05) is 23.7 Å². The van der Waals surface area contributed by atoms with Crippen molar-refractivity contribution in [2.75, 3.05) is 48.8 Å². The second-order valence-corrected chi connectivity index (χ2v) is 8.63. The van der Waals surface area contributed by atoms with Crippen LogP contribution in [0.2, 0.25) is 5.02 Å². The Morgan fingerprint density at radius 2 is 1.75 bits per heavy atom. The van der Waals surface area contributed by atoms with Crippen molar-refractivity contribution in [1.82, 2.24) is 14.9 Å². The van der Waals surface area contributed by atoms with Gasteiger partial charge in [-0.3, -0.25) is 0 Å². The van der Waals surface area contributed by atoms with E-state index in [2.05, 4.69) is 37.4 Å². The third-order valence-corrected chi connectivity index (χ3v) is 6.26. The number of benzene rings is 2. The maximum absolute atomic E-state index is 11.3. The number of rotatable bonds is 1. The zero-order chi connectivity index (χ0) is 22.2. The maximum Gasteiger partial charge on any atom is 0.229 e. The molecule has 3 heterocycles. The second kappa shape index (κ2) is 8.55. The van der Waals surface area contributed by atoms with E-state index in [9.17, 15) is 10.2 Å². The number of hydrogen-bond donors (Lipinski definition) is 4. The van der Waals surface area contributed by atoms with E-state index in [1.54, 1.807) is 12.1 Å². The summed E-state index contributed by atoms with van der Waals surface area (Å²) in [5.74, 6) is 0.825. The van der Waals surface area contributed by atoms with Crippen LogP contribution in [0.3, 0.4) is 0 Å². The summed E-state index contributed by atoms with van der Waals surface area (Å²) in [6.45, 7) is 3.57. The largest absolute Gasteiger partial charge is 0.385 e. The molecule has 1 aromatic heterocycles. The smallest absolute Gasteiger partial charge is 0.229 e. The highest BCUT2D eigenvalue weighted by Gasteiger charge is 2.27. The lowest BCUT2D eigenvalue weighted by molar-refractivity contribution is 0.0175. The standard InChI is InChI=1S/C23H25ClN6O2/c1-29-7-9-30(10-8-29)19-6-5-16-12-17(19)21(32)20(31)14-3-2-4-15(11-14)26-22-18(24)13-25-23(27-16)28-22/h2-6,11-13,20-21,31-32H,7-10H2,1H3,(H2,25,26,27,28)/t20-,21+/m1/s1. The van der Waals surface area contributed by atoms with Crippen molar-refractivity contribution >= 4 is 40.4 Å². The third-order valence-electron chi connectivity index (χ3n) is 5.98. The van der Waals surface area contributed by atoms with E-state index in [1.807, 2.05) is 30.3 Å². The molecule has 2 aromatic carbocycles. The Kier molecular flexibility index (Phi) is 5.60. The Hall–Kier alpha value is -2.91. The molecular weight excluding hydrogens is 428 g/mol. The van der Waals surface area contributed by atoms with Crippen LogP contribution >= 0.6 is 11.6 Å². The van der Waals surface area contributed by atoms with Gasteiger partial charge in [-0.25, -0.2) is 4.98 Å². The van der Waals surface area contributed by atoms with Crippen molar-refractivity contribution in [2.24, 2.45) is 0 Å². The molecule has 2 aliphatic heterocycles. The maximum atomic E-state index is 11.3. The van der Waals surface area contributed by atoms with Gasteiger partial charge in [0.1, 0.15) is 17.2 Å². The molecule has 9 heteroatoms. The van der Waals surface area contributed by atoms with Crippen LogP contribution in [0, 0.1) is 0 Å². The first-order chi connectivity index (χ1) is 15.5. The molecule has 0 amide bonds. The molecule has 0 aliphatic carbocycles. The lowest BCUT2D eigenvalue weighted by Crippen LogP contribution is -2.45. The van der Waals surface area contributed by atoms with Gasteiger partial charge in [-0.15, -0.1) is 0 Å². The molecule has 166 valence electrons. The lowest BCUT2D eigenvalue weighted by atomic mass is 9.95. The molecule has 0 spiro atoms. The fourth-order valence-corrected chi connectivity index (χ4v) is 4.28. The first-order valence-corrected chi connectivity index (χ1v) is 11.0. The van der Waals surface area contributed by atoms with E-state index in [-0.39, 0.29) is 0 Å². The number of aromatic nitrogens is 2. The Morgan fingerprint density at radius 1 is 0.969 bits per heavy atom. The molecule has 1 fully saturated rings. The Bertz CT molecular complexity index is 1140. The summed E-state index contributed by atoms with van der Waals surface area (Å²) in [6, 6.07) is 13.0. The molecule has 6 bridgehead atoms. The monoisotopic (exact) mass is 452 g/mol. The van der Waals surface area contributed by atoms with Crippen LogP contribution in [0.5, 0.6) is 0 Å². The van der Waals surface area contributed by atoms with Gasteiger partial charge in [0.15, 0.2) is 5.82 Å². The summed E-state index contributed by atoms with van der Waals surface area (Å²) >= 11 is 6.29. The normalized spacial score (nSPS) is 20.9. The fourth-order valence-electron chi connectivity index (χ4n) is 4.14. The minimum absolute atomic E-state index is 0.376. The van der Waals surface area contributed by atoms with Gasteiger partial charge in [0.25, 0.3) is 0 Å². The van der Waals surface area contributed by atoms with Crippen molar-refractivity contribution in [3.63, 3.8) is 0 Å². The van der Waals surface area contributed by atoms with Crippen molar-refractivity contribution in [3.05, 3.63) is 64.8 Å². The number of hydrogen-bond acceptors (Lipinski definition) is 8. The molecular formula is C23H25ClN6O2. The quantitative estimate of drug-likeness (QED) is 0.446. The zero-order valence-electron chi connectivity index (χ0n) is 17.7. The Labute approximate surface area is 191 Å². The van der Waals surface area contributed by atoms with E-state index in [0.717, 1.165) is 31.9 Å². The van der Waals surface area contributed by atoms with Gasteiger partial charge in [-0.05, 0) is 42.9 Å². The summed E-state index contributed by atoms with van der Waals surface area (Å²) < 4.78 is 0. The second-order valence-electron chi connectivity index (χ2n) is 8.22. The molecule has 5 rings (SSSR count). The van der Waals surface area contributed by atoms with E-state index in [4.69, 9.17) is 11.6 Å². The molecule has 2 atom stereocenters. The number of aliphatic hydroxyl groups excluding tert-OH is 2. The summed E-state index contributed by atoms with van der Waals surface area (Å²) in [5.41, 5.74) is 3.57. The van der Waals surface area contributed by atoms with Gasteiger partial charge in [0.2, 0.25) is 5.95 Å². The van der Waals surface area contributed by atoms with Crippen molar-refractivity contribution in [1.29, 1.82) is 0 Å². The lowest BCUT2D eigenvalue weighted by Gasteiger charge is -2.36. The summed E-state index contributed by atoms with van der Waals surface area (Å²) in [7, 11) is 2.10.